The maximum atomic E-state index is 14.1. The third-order valence-electron chi connectivity index (χ3n) is 5.51. The number of halogens is 2. The molecule has 164 valence electrons. The Kier molecular flexibility index (Phi) is 8.05. The Balaban J connectivity index is 1.62. The van der Waals surface area contributed by atoms with Crippen molar-refractivity contribution >= 4 is 0 Å². The lowest BCUT2D eigenvalue weighted by Gasteiger charge is -2.29. The maximum absolute atomic E-state index is 14.1. The Morgan fingerprint density at radius 1 is 0.839 bits per heavy atom. The molecule has 4 heteroatoms. The van der Waals surface area contributed by atoms with Gasteiger partial charge in [0.2, 0.25) is 6.43 Å². The maximum Gasteiger partial charge on any atom is 0.247 e. The predicted molar refractivity (Wildman–Crippen MR) is 121 cm³/mol. The Bertz CT molecular complexity index is 925. The molecule has 0 bridgehead atoms. The molecule has 0 heterocycles. The van der Waals surface area contributed by atoms with Gasteiger partial charge in [-0.05, 0) is 73.2 Å². The minimum Gasteiger partial charge on any atom is -0.494 e. The van der Waals surface area contributed by atoms with Gasteiger partial charge in [0.1, 0.15) is 17.2 Å². The Hall–Kier alpha value is -2.88. The molecule has 0 saturated heterocycles. The highest BCUT2D eigenvalue weighted by molar-refractivity contribution is 5.35. The van der Waals surface area contributed by atoms with E-state index in [0.29, 0.717) is 31.4 Å². The van der Waals surface area contributed by atoms with Gasteiger partial charge in [-0.2, -0.15) is 0 Å². The zero-order valence-electron chi connectivity index (χ0n) is 18.2. The second kappa shape index (κ2) is 10.9. The summed E-state index contributed by atoms with van der Waals surface area (Å²) < 4.78 is 39.6. The predicted octanol–water partition coefficient (Wildman–Crippen LogP) is 7.81. The van der Waals surface area contributed by atoms with Crippen molar-refractivity contribution in [3.8, 4) is 17.2 Å². The van der Waals surface area contributed by atoms with Crippen molar-refractivity contribution in [2.75, 3.05) is 6.61 Å². The standard InChI is InChI=1S/C27H30F2O2/c1-3-19-30-23-16-14-22(15-17-23)27(2,26(28)29)18-8-10-21-9-7-13-25(20-21)31-24-11-5-4-6-12-24/h4-7,9,11-17,20,26H,3,8,10,18-19H2,1-2H3. The van der Waals surface area contributed by atoms with Gasteiger partial charge in [0, 0.05) is 0 Å². The van der Waals surface area contributed by atoms with Crippen LogP contribution in [0.5, 0.6) is 17.2 Å². The summed E-state index contributed by atoms with van der Waals surface area (Å²) in [7, 11) is 0. The van der Waals surface area contributed by atoms with E-state index < -0.39 is 11.8 Å². The van der Waals surface area contributed by atoms with E-state index in [1.165, 1.54) is 0 Å². The van der Waals surface area contributed by atoms with E-state index in [0.717, 1.165) is 29.2 Å². The first-order valence-corrected chi connectivity index (χ1v) is 10.8. The van der Waals surface area contributed by atoms with Crippen molar-refractivity contribution in [2.45, 2.75) is 51.4 Å². The summed E-state index contributed by atoms with van der Waals surface area (Å²) in [6, 6.07) is 24.5. The van der Waals surface area contributed by atoms with Crippen molar-refractivity contribution in [1.29, 1.82) is 0 Å². The first-order valence-electron chi connectivity index (χ1n) is 10.8. The Labute approximate surface area is 183 Å². The lowest BCUT2D eigenvalue weighted by Crippen LogP contribution is -2.31. The summed E-state index contributed by atoms with van der Waals surface area (Å²) in [6.45, 7) is 4.30. The molecule has 0 fully saturated rings. The van der Waals surface area contributed by atoms with E-state index >= 15 is 0 Å². The number of benzene rings is 3. The largest absolute Gasteiger partial charge is 0.494 e. The molecule has 31 heavy (non-hydrogen) atoms. The molecule has 1 unspecified atom stereocenters. The molecule has 0 amide bonds. The molecule has 0 aliphatic rings. The van der Waals surface area contributed by atoms with E-state index in [-0.39, 0.29) is 0 Å². The second-order valence-electron chi connectivity index (χ2n) is 8.01. The molecule has 1 atom stereocenters. The van der Waals surface area contributed by atoms with Crippen LogP contribution in [0.2, 0.25) is 0 Å². The van der Waals surface area contributed by atoms with E-state index in [4.69, 9.17) is 9.47 Å². The van der Waals surface area contributed by atoms with Crippen molar-refractivity contribution < 1.29 is 18.3 Å². The fourth-order valence-electron chi connectivity index (χ4n) is 3.58. The van der Waals surface area contributed by atoms with Crippen LogP contribution in [0.15, 0.2) is 78.9 Å². The lowest BCUT2D eigenvalue weighted by atomic mass is 9.78. The van der Waals surface area contributed by atoms with Crippen molar-refractivity contribution in [3.05, 3.63) is 90.0 Å². The molecule has 0 saturated carbocycles. The summed E-state index contributed by atoms with van der Waals surface area (Å²) in [5, 5.41) is 0. The van der Waals surface area contributed by atoms with E-state index in [9.17, 15) is 8.78 Å². The number of hydrogen-bond donors (Lipinski definition) is 0. The van der Waals surface area contributed by atoms with Gasteiger partial charge in [-0.25, -0.2) is 8.78 Å². The summed E-state index contributed by atoms with van der Waals surface area (Å²) in [4.78, 5) is 0. The smallest absolute Gasteiger partial charge is 0.247 e. The summed E-state index contributed by atoms with van der Waals surface area (Å²) in [5.41, 5.74) is 0.530. The summed E-state index contributed by atoms with van der Waals surface area (Å²) >= 11 is 0. The fraction of sp³-hybridized carbons (Fsp3) is 0.333. The van der Waals surface area contributed by atoms with Crippen LogP contribution in [0, 0.1) is 0 Å². The van der Waals surface area contributed by atoms with Crippen LogP contribution in [0.3, 0.4) is 0 Å². The van der Waals surface area contributed by atoms with Crippen LogP contribution < -0.4 is 9.47 Å². The average Bonchev–Trinajstić information content (AvgIpc) is 2.79. The van der Waals surface area contributed by atoms with Crippen LogP contribution in [-0.2, 0) is 11.8 Å². The third-order valence-corrected chi connectivity index (χ3v) is 5.51. The van der Waals surface area contributed by atoms with Crippen molar-refractivity contribution in [3.63, 3.8) is 0 Å². The first kappa shape index (κ1) is 22.8. The molecule has 3 rings (SSSR count). The van der Waals surface area contributed by atoms with Crippen molar-refractivity contribution in [1.82, 2.24) is 0 Å². The van der Waals surface area contributed by atoms with Gasteiger partial charge in [-0.3, -0.25) is 0 Å². The Morgan fingerprint density at radius 3 is 2.23 bits per heavy atom. The average molecular weight is 425 g/mol. The third kappa shape index (κ3) is 6.30. The highest BCUT2D eigenvalue weighted by Gasteiger charge is 2.36. The minimum atomic E-state index is -2.44. The van der Waals surface area contributed by atoms with E-state index in [2.05, 4.69) is 0 Å². The lowest BCUT2D eigenvalue weighted by molar-refractivity contribution is 0.0526. The quantitative estimate of drug-likeness (QED) is 0.312. The zero-order chi connectivity index (χ0) is 22.1. The molecule has 3 aromatic carbocycles. The van der Waals surface area contributed by atoms with Crippen LogP contribution in [0.1, 0.15) is 44.2 Å². The monoisotopic (exact) mass is 424 g/mol. The van der Waals surface area contributed by atoms with Gasteiger partial charge in [-0.15, -0.1) is 0 Å². The molecule has 0 aromatic heterocycles. The number of aryl methyl sites for hydroxylation is 1. The SMILES string of the molecule is CCCOc1ccc(C(C)(CCCc2cccc(Oc3ccccc3)c2)C(F)F)cc1. The topological polar surface area (TPSA) is 18.5 Å². The molecule has 0 N–H and O–H groups in total. The zero-order valence-corrected chi connectivity index (χ0v) is 18.2. The number of hydrogen-bond acceptors (Lipinski definition) is 2. The van der Waals surface area contributed by atoms with Crippen LogP contribution in [0.4, 0.5) is 8.78 Å². The van der Waals surface area contributed by atoms with Gasteiger partial charge in [0.15, 0.2) is 0 Å². The first-order chi connectivity index (χ1) is 15.0. The number of rotatable bonds is 11. The van der Waals surface area contributed by atoms with Gasteiger partial charge in [-0.1, -0.05) is 56.3 Å². The van der Waals surface area contributed by atoms with Gasteiger partial charge in [0.25, 0.3) is 0 Å². The summed E-state index contributed by atoms with van der Waals surface area (Å²) in [6.07, 6.45) is 0.232. The van der Waals surface area contributed by atoms with Gasteiger partial charge in [0.05, 0.1) is 12.0 Å². The van der Waals surface area contributed by atoms with Crippen LogP contribution in [0.25, 0.3) is 0 Å². The number of ether oxygens (including phenoxy) is 2. The Morgan fingerprint density at radius 2 is 1.55 bits per heavy atom. The van der Waals surface area contributed by atoms with Gasteiger partial charge >= 0.3 is 0 Å². The number of alkyl halides is 2. The van der Waals surface area contributed by atoms with Gasteiger partial charge < -0.3 is 9.47 Å². The minimum absolute atomic E-state index is 0.392. The molecule has 0 spiro atoms. The molecule has 0 aliphatic heterocycles. The molecule has 0 radical (unpaired) electrons. The second-order valence-corrected chi connectivity index (χ2v) is 8.01. The van der Waals surface area contributed by atoms with E-state index in [1.807, 2.05) is 61.5 Å². The molecular weight excluding hydrogens is 394 g/mol. The fourth-order valence-corrected chi connectivity index (χ4v) is 3.58. The number of para-hydroxylation sites is 1. The molecule has 2 nitrogen and oxygen atoms in total. The molecule has 3 aromatic rings. The normalized spacial score (nSPS) is 13.1. The van der Waals surface area contributed by atoms with Crippen LogP contribution >= 0.6 is 0 Å². The highest BCUT2D eigenvalue weighted by atomic mass is 19.3. The van der Waals surface area contributed by atoms with Crippen molar-refractivity contribution in [2.24, 2.45) is 0 Å². The molecule has 0 aliphatic carbocycles. The molecular formula is C27H30F2O2. The van der Waals surface area contributed by atoms with Crippen LogP contribution in [-0.4, -0.2) is 13.0 Å². The summed E-state index contributed by atoms with van der Waals surface area (Å²) in [5.74, 6) is 2.25. The van der Waals surface area contributed by atoms with E-state index in [1.54, 1.807) is 31.2 Å². The highest BCUT2D eigenvalue weighted by Crippen LogP contribution is 2.37.